The molecule has 0 atom stereocenters. The minimum absolute atomic E-state index is 0.607. The molecule has 2 heterocycles. The Morgan fingerprint density at radius 2 is 1.90 bits per heavy atom. The molecular formula is C16H15Cl2N3. The third-order valence-corrected chi connectivity index (χ3v) is 4.18. The van der Waals surface area contributed by atoms with Crippen molar-refractivity contribution in [2.45, 2.75) is 13.1 Å². The molecule has 0 saturated carbocycles. The fourth-order valence-corrected chi connectivity index (χ4v) is 3.02. The van der Waals surface area contributed by atoms with Crippen molar-refractivity contribution in [2.75, 3.05) is 7.05 Å². The fraction of sp³-hybridized carbons (Fsp3) is 0.188. The summed E-state index contributed by atoms with van der Waals surface area (Å²) < 4.78 is 2.09. The molecule has 0 spiro atoms. The van der Waals surface area contributed by atoms with E-state index in [1.54, 1.807) is 6.20 Å². The first kappa shape index (κ1) is 14.4. The Morgan fingerprint density at radius 1 is 1.14 bits per heavy atom. The molecule has 0 aliphatic carbocycles. The number of nitrogens with one attached hydrogen (secondary N) is 1. The number of hydrogen-bond acceptors (Lipinski definition) is 2. The molecule has 0 unspecified atom stereocenters. The van der Waals surface area contributed by atoms with Gasteiger partial charge in [-0.3, -0.25) is 0 Å². The second kappa shape index (κ2) is 6.06. The van der Waals surface area contributed by atoms with Gasteiger partial charge < -0.3 is 9.88 Å². The molecule has 0 aliphatic rings. The van der Waals surface area contributed by atoms with E-state index < -0.39 is 0 Å². The van der Waals surface area contributed by atoms with Crippen LogP contribution in [0.1, 0.15) is 11.1 Å². The second-order valence-electron chi connectivity index (χ2n) is 4.89. The summed E-state index contributed by atoms with van der Waals surface area (Å²) in [4.78, 5) is 4.49. The van der Waals surface area contributed by atoms with Crippen LogP contribution in [0.25, 0.3) is 11.0 Å². The van der Waals surface area contributed by atoms with Gasteiger partial charge in [0, 0.05) is 39.9 Å². The van der Waals surface area contributed by atoms with E-state index in [4.69, 9.17) is 23.2 Å². The van der Waals surface area contributed by atoms with Gasteiger partial charge in [0.1, 0.15) is 5.65 Å². The van der Waals surface area contributed by atoms with Gasteiger partial charge >= 0.3 is 0 Å². The Labute approximate surface area is 133 Å². The third kappa shape index (κ3) is 2.77. The van der Waals surface area contributed by atoms with Crippen LogP contribution < -0.4 is 5.32 Å². The molecule has 2 aromatic heterocycles. The summed E-state index contributed by atoms with van der Waals surface area (Å²) >= 11 is 12.5. The number of benzene rings is 1. The predicted octanol–water partition coefficient (Wildman–Crippen LogP) is 4.11. The highest BCUT2D eigenvalue weighted by Crippen LogP contribution is 2.27. The topological polar surface area (TPSA) is 29.9 Å². The molecule has 3 nitrogen and oxygen atoms in total. The molecular weight excluding hydrogens is 305 g/mol. The van der Waals surface area contributed by atoms with Crippen molar-refractivity contribution < 1.29 is 0 Å². The molecule has 5 heteroatoms. The Kier molecular flexibility index (Phi) is 4.15. The summed E-state index contributed by atoms with van der Waals surface area (Å²) in [6, 6.07) is 9.60. The number of aromatic nitrogens is 2. The SMILES string of the molecule is CNCc1cn(Cc2c(Cl)cccc2Cl)c2ncccc12. The van der Waals surface area contributed by atoms with Gasteiger partial charge in [-0.1, -0.05) is 29.3 Å². The van der Waals surface area contributed by atoms with Gasteiger partial charge in [0.15, 0.2) is 0 Å². The highest BCUT2D eigenvalue weighted by molar-refractivity contribution is 6.36. The van der Waals surface area contributed by atoms with Crippen molar-refractivity contribution in [3.8, 4) is 0 Å². The number of halogens is 2. The normalized spacial score (nSPS) is 11.2. The number of nitrogens with zero attached hydrogens (tertiary/aromatic N) is 2. The lowest BCUT2D eigenvalue weighted by Crippen LogP contribution is -2.04. The molecule has 0 bridgehead atoms. The summed E-state index contributed by atoms with van der Waals surface area (Å²) in [7, 11) is 1.93. The second-order valence-corrected chi connectivity index (χ2v) is 5.70. The Balaban J connectivity index is 2.09. The van der Waals surface area contributed by atoms with Gasteiger partial charge in [0.25, 0.3) is 0 Å². The van der Waals surface area contributed by atoms with E-state index in [0.717, 1.165) is 23.1 Å². The highest BCUT2D eigenvalue weighted by Gasteiger charge is 2.12. The maximum atomic E-state index is 6.27. The van der Waals surface area contributed by atoms with Crippen LogP contribution in [0.5, 0.6) is 0 Å². The van der Waals surface area contributed by atoms with Crippen LogP contribution in [0, 0.1) is 0 Å². The van der Waals surface area contributed by atoms with Gasteiger partial charge in [-0.15, -0.1) is 0 Å². The zero-order valence-corrected chi connectivity index (χ0v) is 13.1. The molecule has 0 aliphatic heterocycles. The number of rotatable bonds is 4. The molecule has 1 aromatic carbocycles. The highest BCUT2D eigenvalue weighted by atomic mass is 35.5. The van der Waals surface area contributed by atoms with E-state index in [-0.39, 0.29) is 0 Å². The number of fused-ring (bicyclic) bond motifs is 1. The summed E-state index contributed by atoms with van der Waals surface area (Å²) in [5.41, 5.74) is 3.07. The van der Waals surface area contributed by atoms with Crippen LogP contribution in [0.2, 0.25) is 10.0 Å². The summed E-state index contributed by atoms with van der Waals surface area (Å²) in [6.07, 6.45) is 3.91. The van der Waals surface area contributed by atoms with Crippen molar-refractivity contribution in [1.82, 2.24) is 14.9 Å². The van der Waals surface area contributed by atoms with Gasteiger partial charge in [0.2, 0.25) is 0 Å². The maximum absolute atomic E-state index is 6.27. The van der Waals surface area contributed by atoms with Crippen molar-refractivity contribution in [3.05, 3.63) is 63.9 Å². The van der Waals surface area contributed by atoms with Crippen molar-refractivity contribution in [3.63, 3.8) is 0 Å². The van der Waals surface area contributed by atoms with Crippen molar-refractivity contribution in [1.29, 1.82) is 0 Å². The quantitative estimate of drug-likeness (QED) is 0.784. The monoisotopic (exact) mass is 319 g/mol. The zero-order valence-electron chi connectivity index (χ0n) is 11.6. The maximum Gasteiger partial charge on any atom is 0.140 e. The van der Waals surface area contributed by atoms with Crippen LogP contribution >= 0.6 is 23.2 Å². The molecule has 0 radical (unpaired) electrons. The minimum atomic E-state index is 0.607. The molecule has 1 N–H and O–H groups in total. The molecule has 3 rings (SSSR count). The van der Waals surface area contributed by atoms with E-state index >= 15 is 0 Å². The number of hydrogen-bond donors (Lipinski definition) is 1. The first-order valence-corrected chi connectivity index (χ1v) is 7.46. The van der Waals surface area contributed by atoms with E-state index in [9.17, 15) is 0 Å². The van der Waals surface area contributed by atoms with E-state index in [1.807, 2.05) is 31.3 Å². The number of pyridine rings is 1. The lowest BCUT2D eigenvalue weighted by molar-refractivity contribution is 0.792. The van der Waals surface area contributed by atoms with Gasteiger partial charge in [-0.05, 0) is 36.9 Å². The Bertz CT molecular complexity index is 760. The zero-order chi connectivity index (χ0) is 14.8. The largest absolute Gasteiger partial charge is 0.328 e. The van der Waals surface area contributed by atoms with Crippen LogP contribution in [0.15, 0.2) is 42.7 Å². The van der Waals surface area contributed by atoms with E-state index in [1.165, 1.54) is 5.56 Å². The first-order chi connectivity index (χ1) is 10.2. The smallest absolute Gasteiger partial charge is 0.140 e. The Morgan fingerprint density at radius 3 is 2.62 bits per heavy atom. The molecule has 108 valence electrons. The minimum Gasteiger partial charge on any atom is -0.328 e. The Hall–Kier alpha value is -1.55. The molecule has 0 fully saturated rings. The standard InChI is InChI=1S/C16H15Cl2N3/c1-19-8-11-9-21(16-12(11)4-3-7-20-16)10-13-14(17)5-2-6-15(13)18/h2-7,9,19H,8,10H2,1H3. The summed E-state index contributed by atoms with van der Waals surface area (Å²) in [5, 5.41) is 5.68. The van der Waals surface area contributed by atoms with Crippen molar-refractivity contribution >= 4 is 34.2 Å². The lowest BCUT2D eigenvalue weighted by Gasteiger charge is -2.08. The van der Waals surface area contributed by atoms with E-state index in [2.05, 4.69) is 27.1 Å². The summed E-state index contributed by atoms with van der Waals surface area (Å²) in [6.45, 7) is 1.40. The molecule has 21 heavy (non-hydrogen) atoms. The van der Waals surface area contributed by atoms with E-state index in [0.29, 0.717) is 16.6 Å². The molecule has 0 saturated heterocycles. The van der Waals surface area contributed by atoms with Gasteiger partial charge in [-0.2, -0.15) is 0 Å². The molecule has 3 aromatic rings. The molecule has 0 amide bonds. The first-order valence-electron chi connectivity index (χ1n) is 6.71. The average molecular weight is 320 g/mol. The predicted molar refractivity (Wildman–Crippen MR) is 88.1 cm³/mol. The van der Waals surface area contributed by atoms with Crippen LogP contribution in [0.3, 0.4) is 0 Å². The van der Waals surface area contributed by atoms with Gasteiger partial charge in [-0.25, -0.2) is 4.98 Å². The van der Waals surface area contributed by atoms with Crippen molar-refractivity contribution in [2.24, 2.45) is 0 Å². The summed E-state index contributed by atoms with van der Waals surface area (Å²) in [5.74, 6) is 0. The average Bonchev–Trinajstić information content (AvgIpc) is 2.82. The van der Waals surface area contributed by atoms with Crippen LogP contribution in [0.4, 0.5) is 0 Å². The van der Waals surface area contributed by atoms with Crippen LogP contribution in [-0.4, -0.2) is 16.6 Å². The lowest BCUT2D eigenvalue weighted by atomic mass is 10.2. The van der Waals surface area contributed by atoms with Gasteiger partial charge in [0.05, 0.1) is 6.54 Å². The third-order valence-electron chi connectivity index (χ3n) is 3.47. The van der Waals surface area contributed by atoms with Crippen LogP contribution in [-0.2, 0) is 13.1 Å². The fourth-order valence-electron chi connectivity index (χ4n) is 2.50.